The van der Waals surface area contributed by atoms with E-state index in [-0.39, 0.29) is 16.1 Å². The van der Waals surface area contributed by atoms with Crippen LogP contribution in [0.5, 0.6) is 0 Å². The van der Waals surface area contributed by atoms with E-state index in [1.54, 1.807) is 6.07 Å². The number of hydrogen-bond acceptors (Lipinski definition) is 3. The second-order valence-electron chi connectivity index (χ2n) is 4.02. The van der Waals surface area contributed by atoms with Crippen molar-refractivity contribution in [2.45, 2.75) is 0 Å². The van der Waals surface area contributed by atoms with Gasteiger partial charge in [0.15, 0.2) is 5.65 Å². The average Bonchev–Trinajstić information content (AvgIpc) is 2.69. The minimum Gasteiger partial charge on any atom is -0.369 e. The summed E-state index contributed by atoms with van der Waals surface area (Å²) >= 11 is 6.19. The van der Waals surface area contributed by atoms with Gasteiger partial charge in [0.05, 0.1) is 10.2 Å². The Balaban J connectivity index is 2.35. The van der Waals surface area contributed by atoms with Crippen molar-refractivity contribution in [2.75, 3.05) is 5.73 Å². The first-order valence-corrected chi connectivity index (χ1v) is 7.00. The number of anilines is 1. The lowest BCUT2D eigenvalue weighted by Crippen LogP contribution is -2.04. The zero-order valence-electron chi connectivity index (χ0n) is 9.74. The van der Waals surface area contributed by atoms with Gasteiger partial charge in [-0.15, -0.1) is 0 Å². The molecule has 0 atom stereocenters. The SMILES string of the molecule is Nc1nc2cc(Br)cnc2n1-c1cc(F)c(Br)cc1F. The molecule has 0 aliphatic carbocycles. The highest BCUT2D eigenvalue weighted by atomic mass is 79.9. The molecule has 0 aliphatic rings. The summed E-state index contributed by atoms with van der Waals surface area (Å²) in [6.07, 6.45) is 1.53. The van der Waals surface area contributed by atoms with Gasteiger partial charge >= 0.3 is 0 Å². The molecule has 102 valence electrons. The Hall–Kier alpha value is -1.54. The predicted molar refractivity (Wildman–Crippen MR) is 78.6 cm³/mol. The van der Waals surface area contributed by atoms with Crippen LogP contribution in [-0.2, 0) is 0 Å². The van der Waals surface area contributed by atoms with E-state index in [9.17, 15) is 8.78 Å². The van der Waals surface area contributed by atoms with E-state index in [4.69, 9.17) is 5.73 Å². The van der Waals surface area contributed by atoms with Gasteiger partial charge in [-0.25, -0.2) is 18.7 Å². The van der Waals surface area contributed by atoms with Crippen LogP contribution in [0.4, 0.5) is 14.7 Å². The number of nitrogen functional groups attached to an aromatic ring is 1. The van der Waals surface area contributed by atoms with Crippen LogP contribution in [0.1, 0.15) is 0 Å². The van der Waals surface area contributed by atoms with Crippen molar-refractivity contribution in [3.63, 3.8) is 0 Å². The van der Waals surface area contributed by atoms with E-state index in [0.29, 0.717) is 11.2 Å². The van der Waals surface area contributed by atoms with Crippen LogP contribution < -0.4 is 5.73 Å². The van der Waals surface area contributed by atoms with Gasteiger partial charge in [0.25, 0.3) is 0 Å². The maximum atomic E-state index is 14.0. The van der Waals surface area contributed by atoms with Gasteiger partial charge in [-0.3, -0.25) is 4.57 Å². The maximum Gasteiger partial charge on any atom is 0.207 e. The summed E-state index contributed by atoms with van der Waals surface area (Å²) in [5, 5.41) is 0. The molecule has 0 bridgehead atoms. The van der Waals surface area contributed by atoms with E-state index >= 15 is 0 Å². The topological polar surface area (TPSA) is 56.7 Å². The van der Waals surface area contributed by atoms with Gasteiger partial charge in [-0.1, -0.05) is 0 Å². The summed E-state index contributed by atoms with van der Waals surface area (Å²) < 4.78 is 29.7. The van der Waals surface area contributed by atoms with Crippen molar-refractivity contribution in [3.8, 4) is 5.69 Å². The molecule has 0 unspecified atom stereocenters. The number of benzene rings is 1. The van der Waals surface area contributed by atoms with Crippen LogP contribution in [0.3, 0.4) is 0 Å². The second-order valence-corrected chi connectivity index (χ2v) is 5.79. The first-order chi connectivity index (χ1) is 9.47. The Morgan fingerprint density at radius 2 is 1.85 bits per heavy atom. The molecular weight excluding hydrogens is 398 g/mol. The first-order valence-electron chi connectivity index (χ1n) is 5.42. The van der Waals surface area contributed by atoms with Crippen molar-refractivity contribution >= 4 is 49.0 Å². The number of nitrogens with two attached hydrogens (primary N) is 1. The number of halogens is 4. The van der Waals surface area contributed by atoms with Crippen molar-refractivity contribution in [1.29, 1.82) is 0 Å². The van der Waals surface area contributed by atoms with E-state index in [1.165, 1.54) is 10.8 Å². The smallest absolute Gasteiger partial charge is 0.207 e. The Bertz CT molecular complexity index is 832. The summed E-state index contributed by atoms with van der Waals surface area (Å²) in [5.74, 6) is -1.19. The number of aromatic nitrogens is 3. The summed E-state index contributed by atoms with van der Waals surface area (Å²) in [5.41, 5.74) is 6.59. The molecule has 1 aromatic carbocycles. The summed E-state index contributed by atoms with van der Waals surface area (Å²) in [4.78, 5) is 8.23. The van der Waals surface area contributed by atoms with Gasteiger partial charge in [-0.05, 0) is 44.0 Å². The molecule has 8 heteroatoms. The first kappa shape index (κ1) is 13.4. The Kier molecular flexibility index (Phi) is 3.21. The fraction of sp³-hybridized carbons (Fsp3) is 0. The fourth-order valence-electron chi connectivity index (χ4n) is 1.88. The van der Waals surface area contributed by atoms with Crippen LogP contribution in [0.15, 0.2) is 33.3 Å². The zero-order chi connectivity index (χ0) is 14.4. The summed E-state index contributed by atoms with van der Waals surface area (Å²) in [6, 6.07) is 3.78. The minimum atomic E-state index is -0.631. The monoisotopic (exact) mass is 402 g/mol. The van der Waals surface area contributed by atoms with Crippen molar-refractivity contribution in [1.82, 2.24) is 14.5 Å². The van der Waals surface area contributed by atoms with E-state index in [1.807, 2.05) is 0 Å². The van der Waals surface area contributed by atoms with Gasteiger partial charge in [-0.2, -0.15) is 0 Å². The lowest BCUT2D eigenvalue weighted by Gasteiger charge is -2.08. The van der Waals surface area contributed by atoms with Gasteiger partial charge in [0.1, 0.15) is 17.2 Å². The standard InChI is InChI=1S/C12H6Br2F2N4/c13-5-1-9-11(18-4-5)20(12(17)19-9)10-3-7(15)6(14)2-8(10)16/h1-4H,(H2,17,19). The second kappa shape index (κ2) is 4.78. The molecule has 20 heavy (non-hydrogen) atoms. The summed E-state index contributed by atoms with van der Waals surface area (Å²) in [7, 11) is 0. The Labute approximate surface area is 128 Å². The number of hydrogen-bond donors (Lipinski definition) is 1. The van der Waals surface area contributed by atoms with Crippen molar-refractivity contribution in [3.05, 3.63) is 45.0 Å². The van der Waals surface area contributed by atoms with Crippen LogP contribution >= 0.6 is 31.9 Å². The Morgan fingerprint density at radius 3 is 2.60 bits per heavy atom. The molecule has 0 saturated carbocycles. The molecule has 2 N–H and O–H groups in total. The molecular formula is C12H6Br2F2N4. The van der Waals surface area contributed by atoms with Crippen LogP contribution in [0.25, 0.3) is 16.9 Å². The molecule has 3 rings (SSSR count). The highest BCUT2D eigenvalue weighted by Gasteiger charge is 2.17. The minimum absolute atomic E-state index is 0.0335. The molecule has 0 radical (unpaired) electrons. The highest BCUT2D eigenvalue weighted by Crippen LogP contribution is 2.28. The van der Waals surface area contributed by atoms with Crippen LogP contribution in [0.2, 0.25) is 0 Å². The summed E-state index contributed by atoms with van der Waals surface area (Å²) in [6.45, 7) is 0. The number of fused-ring (bicyclic) bond motifs is 1. The third-order valence-electron chi connectivity index (χ3n) is 2.72. The molecule has 2 heterocycles. The molecule has 0 spiro atoms. The number of imidazole rings is 1. The molecule has 0 amide bonds. The van der Waals surface area contributed by atoms with Crippen LogP contribution in [-0.4, -0.2) is 14.5 Å². The average molecular weight is 404 g/mol. The normalized spacial score (nSPS) is 11.2. The van der Waals surface area contributed by atoms with Gasteiger partial charge < -0.3 is 5.73 Å². The molecule has 4 nitrogen and oxygen atoms in total. The van der Waals surface area contributed by atoms with Crippen molar-refractivity contribution < 1.29 is 8.78 Å². The zero-order valence-corrected chi connectivity index (χ0v) is 12.9. The molecule has 0 aliphatic heterocycles. The molecule has 2 aromatic heterocycles. The van der Waals surface area contributed by atoms with E-state index < -0.39 is 11.6 Å². The largest absolute Gasteiger partial charge is 0.369 e. The third-order valence-corrected chi connectivity index (χ3v) is 3.76. The maximum absolute atomic E-state index is 14.0. The third kappa shape index (κ3) is 2.08. The molecule has 0 saturated heterocycles. The number of rotatable bonds is 1. The molecule has 3 aromatic rings. The number of nitrogens with zero attached hydrogens (tertiary/aromatic N) is 3. The van der Waals surface area contributed by atoms with Gasteiger partial charge in [0, 0.05) is 16.7 Å². The van der Waals surface area contributed by atoms with Gasteiger partial charge in [0.2, 0.25) is 5.95 Å². The Morgan fingerprint density at radius 1 is 1.10 bits per heavy atom. The molecule has 0 fully saturated rings. The van der Waals surface area contributed by atoms with E-state index in [0.717, 1.165) is 16.6 Å². The predicted octanol–water partition coefficient (Wildman–Crippen LogP) is 3.81. The lowest BCUT2D eigenvalue weighted by atomic mass is 10.3. The number of pyridine rings is 1. The lowest BCUT2D eigenvalue weighted by molar-refractivity contribution is 0.588. The van der Waals surface area contributed by atoms with E-state index in [2.05, 4.69) is 41.8 Å². The highest BCUT2D eigenvalue weighted by molar-refractivity contribution is 9.10. The quantitative estimate of drug-likeness (QED) is 0.628. The van der Waals surface area contributed by atoms with Crippen molar-refractivity contribution in [2.24, 2.45) is 0 Å². The van der Waals surface area contributed by atoms with Crippen LogP contribution in [0, 0.1) is 11.6 Å². The fourth-order valence-corrected chi connectivity index (χ4v) is 2.51.